The summed E-state index contributed by atoms with van der Waals surface area (Å²) in [6.07, 6.45) is -3.44. The fourth-order valence-electron chi connectivity index (χ4n) is 2.45. The van der Waals surface area contributed by atoms with Gasteiger partial charge in [0.25, 0.3) is 11.8 Å². The van der Waals surface area contributed by atoms with E-state index in [2.05, 4.69) is 5.32 Å². The molecule has 2 aromatic carbocycles. The van der Waals surface area contributed by atoms with Crippen LogP contribution in [0, 0.1) is 0 Å². The predicted octanol–water partition coefficient (Wildman–Crippen LogP) is 4.19. The molecule has 27 heavy (non-hydrogen) atoms. The van der Waals surface area contributed by atoms with Crippen molar-refractivity contribution in [3.05, 3.63) is 70.3 Å². The maximum Gasteiger partial charge on any atom is 0.416 e. The summed E-state index contributed by atoms with van der Waals surface area (Å²) in [4.78, 5) is 26.0. The Morgan fingerprint density at radius 2 is 1.74 bits per heavy atom. The number of carbonyl (C=O) groups is 2. The summed E-state index contributed by atoms with van der Waals surface area (Å²) in [7, 11) is 0. The van der Waals surface area contributed by atoms with E-state index in [4.69, 9.17) is 23.8 Å². The van der Waals surface area contributed by atoms with E-state index in [9.17, 15) is 22.8 Å². The number of carbonyl (C=O) groups excluding carboxylic acids is 2. The molecule has 0 spiro atoms. The smallest absolute Gasteiger partial charge is 0.298 e. The van der Waals surface area contributed by atoms with Crippen LogP contribution in [0.3, 0.4) is 0 Å². The van der Waals surface area contributed by atoms with Crippen molar-refractivity contribution in [2.24, 2.45) is 0 Å². The molecule has 0 bridgehead atoms. The topological polar surface area (TPSA) is 49.4 Å². The lowest BCUT2D eigenvalue weighted by atomic mass is 10.0. The van der Waals surface area contributed by atoms with E-state index in [0.717, 1.165) is 23.1 Å². The minimum atomic E-state index is -4.54. The van der Waals surface area contributed by atoms with Gasteiger partial charge < -0.3 is 0 Å². The summed E-state index contributed by atoms with van der Waals surface area (Å²) in [5.74, 6) is -1.53. The second kappa shape index (κ2) is 7.13. The lowest BCUT2D eigenvalue weighted by Gasteiger charge is -2.29. The van der Waals surface area contributed by atoms with E-state index >= 15 is 0 Å². The lowest BCUT2D eigenvalue weighted by Crippen LogP contribution is -2.54. The average Bonchev–Trinajstić information content (AvgIpc) is 2.60. The first kappa shape index (κ1) is 19.1. The minimum Gasteiger partial charge on any atom is -0.298 e. The molecule has 4 nitrogen and oxygen atoms in total. The van der Waals surface area contributed by atoms with Crippen LogP contribution in [-0.4, -0.2) is 16.9 Å². The number of alkyl halides is 3. The Hall–Kier alpha value is -2.71. The highest BCUT2D eigenvalue weighted by Crippen LogP contribution is 2.30. The number of halogens is 4. The third kappa shape index (κ3) is 4.01. The number of benzene rings is 2. The quantitative estimate of drug-likeness (QED) is 0.459. The second-order valence-corrected chi connectivity index (χ2v) is 6.38. The van der Waals surface area contributed by atoms with Crippen molar-refractivity contribution in [2.75, 3.05) is 4.90 Å². The van der Waals surface area contributed by atoms with Crippen LogP contribution in [0.25, 0.3) is 6.08 Å². The number of hydrogen-bond donors (Lipinski definition) is 1. The van der Waals surface area contributed by atoms with Crippen molar-refractivity contribution < 1.29 is 22.8 Å². The third-order valence-electron chi connectivity index (χ3n) is 3.71. The molecule has 1 saturated heterocycles. The number of thiocarbonyl (C=S) groups is 1. The van der Waals surface area contributed by atoms with Crippen LogP contribution in [0.1, 0.15) is 11.1 Å². The van der Waals surface area contributed by atoms with Gasteiger partial charge in [0.2, 0.25) is 0 Å². The summed E-state index contributed by atoms with van der Waals surface area (Å²) in [6.45, 7) is 0. The standard InChI is InChI=1S/C18H10ClF3N2O2S/c19-12-4-6-13(7-5-12)24-16(26)14(15(25)23-17(24)27)9-10-2-1-3-11(8-10)18(20,21)22/h1-9H,(H,23,25,27). The molecule has 1 fully saturated rings. The van der Waals surface area contributed by atoms with E-state index < -0.39 is 23.6 Å². The van der Waals surface area contributed by atoms with Crippen LogP contribution >= 0.6 is 23.8 Å². The normalized spacial score (nSPS) is 16.7. The van der Waals surface area contributed by atoms with Crippen LogP contribution in [0.4, 0.5) is 18.9 Å². The summed E-state index contributed by atoms with van der Waals surface area (Å²) in [5, 5.41) is 2.67. The van der Waals surface area contributed by atoms with Gasteiger partial charge in [0, 0.05) is 5.02 Å². The van der Waals surface area contributed by atoms with Crippen LogP contribution < -0.4 is 10.2 Å². The predicted molar refractivity (Wildman–Crippen MR) is 99.1 cm³/mol. The second-order valence-electron chi connectivity index (χ2n) is 5.56. The van der Waals surface area contributed by atoms with Crippen molar-refractivity contribution in [1.82, 2.24) is 5.32 Å². The zero-order valence-electron chi connectivity index (χ0n) is 13.4. The fraction of sp³-hybridized carbons (Fsp3) is 0.0556. The van der Waals surface area contributed by atoms with Crippen molar-refractivity contribution in [3.8, 4) is 0 Å². The molecule has 138 valence electrons. The van der Waals surface area contributed by atoms with Crippen LogP contribution in [-0.2, 0) is 15.8 Å². The highest BCUT2D eigenvalue weighted by molar-refractivity contribution is 7.80. The van der Waals surface area contributed by atoms with Crippen LogP contribution in [0.2, 0.25) is 5.02 Å². The third-order valence-corrected chi connectivity index (χ3v) is 4.25. The van der Waals surface area contributed by atoms with Crippen molar-refractivity contribution in [2.45, 2.75) is 6.18 Å². The molecule has 0 saturated carbocycles. The molecule has 1 aliphatic heterocycles. The number of nitrogens with one attached hydrogen (secondary N) is 1. The first-order valence-electron chi connectivity index (χ1n) is 7.51. The molecule has 0 radical (unpaired) electrons. The largest absolute Gasteiger partial charge is 0.416 e. The highest BCUT2D eigenvalue weighted by Gasteiger charge is 2.35. The van der Waals surface area contributed by atoms with Gasteiger partial charge in [-0.25, -0.2) is 0 Å². The van der Waals surface area contributed by atoms with E-state index in [0.29, 0.717) is 10.7 Å². The van der Waals surface area contributed by atoms with Crippen molar-refractivity contribution in [3.63, 3.8) is 0 Å². The van der Waals surface area contributed by atoms with Gasteiger partial charge in [-0.05, 0) is 60.3 Å². The molecule has 0 atom stereocenters. The molecule has 9 heteroatoms. The molecule has 1 N–H and O–H groups in total. The van der Waals surface area contributed by atoms with Gasteiger partial charge in [0.15, 0.2) is 5.11 Å². The van der Waals surface area contributed by atoms with Crippen LogP contribution in [0.15, 0.2) is 54.1 Å². The lowest BCUT2D eigenvalue weighted by molar-refractivity contribution is -0.137. The van der Waals surface area contributed by atoms with Gasteiger partial charge in [-0.2, -0.15) is 13.2 Å². The molecule has 2 aromatic rings. The molecule has 0 aromatic heterocycles. The van der Waals surface area contributed by atoms with E-state index in [-0.39, 0.29) is 16.2 Å². The van der Waals surface area contributed by atoms with E-state index in [1.54, 1.807) is 12.1 Å². The molecule has 1 heterocycles. The van der Waals surface area contributed by atoms with Gasteiger partial charge >= 0.3 is 6.18 Å². The summed E-state index contributed by atoms with van der Waals surface area (Å²) in [6, 6.07) is 10.5. The van der Waals surface area contributed by atoms with Crippen molar-refractivity contribution in [1.29, 1.82) is 0 Å². The first-order valence-corrected chi connectivity index (χ1v) is 8.30. The van der Waals surface area contributed by atoms with Gasteiger partial charge in [-0.15, -0.1) is 0 Å². The molecular weight excluding hydrogens is 401 g/mol. The zero-order chi connectivity index (χ0) is 19.8. The molecule has 3 rings (SSSR count). The number of hydrogen-bond acceptors (Lipinski definition) is 3. The number of amides is 2. The molecule has 0 aliphatic carbocycles. The molecular formula is C18H10ClF3N2O2S. The Labute approximate surface area is 162 Å². The Bertz CT molecular complexity index is 971. The van der Waals surface area contributed by atoms with Gasteiger partial charge in [0.05, 0.1) is 11.3 Å². The Balaban J connectivity index is 2.01. The monoisotopic (exact) mass is 410 g/mol. The fourth-order valence-corrected chi connectivity index (χ4v) is 2.86. The molecule has 0 unspecified atom stereocenters. The summed E-state index contributed by atoms with van der Waals surface area (Å²) in [5.41, 5.74) is -0.792. The van der Waals surface area contributed by atoms with E-state index in [1.807, 2.05) is 0 Å². The molecule has 2 amide bonds. The summed E-state index contributed by atoms with van der Waals surface area (Å²) < 4.78 is 38.6. The zero-order valence-corrected chi connectivity index (χ0v) is 15.0. The highest BCUT2D eigenvalue weighted by atomic mass is 35.5. The maximum absolute atomic E-state index is 12.9. The Kier molecular flexibility index (Phi) is 5.03. The number of rotatable bonds is 2. The maximum atomic E-state index is 12.9. The van der Waals surface area contributed by atoms with E-state index in [1.165, 1.54) is 24.3 Å². The Morgan fingerprint density at radius 3 is 2.37 bits per heavy atom. The van der Waals surface area contributed by atoms with Gasteiger partial charge in [-0.3, -0.25) is 19.8 Å². The number of anilines is 1. The van der Waals surface area contributed by atoms with Crippen molar-refractivity contribution >= 4 is 52.5 Å². The van der Waals surface area contributed by atoms with Gasteiger partial charge in [0.1, 0.15) is 5.57 Å². The van der Waals surface area contributed by atoms with Gasteiger partial charge in [-0.1, -0.05) is 23.7 Å². The minimum absolute atomic E-state index is 0.0622. The summed E-state index contributed by atoms with van der Waals surface area (Å²) >= 11 is 10.9. The first-order chi connectivity index (χ1) is 12.7. The van der Waals surface area contributed by atoms with Crippen LogP contribution in [0.5, 0.6) is 0 Å². The Morgan fingerprint density at radius 1 is 1.07 bits per heavy atom. The average molecular weight is 411 g/mol. The SMILES string of the molecule is O=C1NC(=S)N(c2ccc(Cl)cc2)C(=O)C1=Cc1cccc(C(F)(F)F)c1. The molecule has 1 aliphatic rings. The number of nitrogens with zero attached hydrogens (tertiary/aromatic N) is 1.